The van der Waals surface area contributed by atoms with Crippen molar-refractivity contribution in [3.8, 4) is 0 Å². The molecule has 0 bridgehead atoms. The first-order valence-electron chi connectivity index (χ1n) is 5.85. The summed E-state index contributed by atoms with van der Waals surface area (Å²) in [5.74, 6) is 0.192. The smallest absolute Gasteiger partial charge is 0.159 e. The molecular formula is C13H17NO2S. The van der Waals surface area contributed by atoms with Crippen molar-refractivity contribution >= 4 is 17.7 Å². The lowest BCUT2D eigenvalue weighted by Crippen LogP contribution is -2.90. The highest BCUT2D eigenvalue weighted by Crippen LogP contribution is 2.27. The predicted molar refractivity (Wildman–Crippen MR) is 66.5 cm³/mol. The van der Waals surface area contributed by atoms with Crippen LogP contribution in [-0.4, -0.2) is 17.8 Å². The summed E-state index contributed by atoms with van der Waals surface area (Å²) in [6.07, 6.45) is 0. The molecule has 92 valence electrons. The van der Waals surface area contributed by atoms with Crippen molar-refractivity contribution in [1.82, 2.24) is 0 Å². The first-order valence-corrected chi connectivity index (χ1v) is 6.90. The second kappa shape index (κ2) is 5.10. The third-order valence-electron chi connectivity index (χ3n) is 3.10. The average Bonchev–Trinajstić information content (AvgIpc) is 2.78. The molecular weight excluding hydrogens is 234 g/mol. The zero-order valence-corrected chi connectivity index (χ0v) is 10.9. The number of thioether (sulfide) groups is 1. The van der Waals surface area contributed by atoms with Crippen LogP contribution in [0.15, 0.2) is 24.3 Å². The van der Waals surface area contributed by atoms with Crippen molar-refractivity contribution in [1.29, 1.82) is 0 Å². The van der Waals surface area contributed by atoms with Crippen molar-refractivity contribution < 1.29 is 15.2 Å². The van der Waals surface area contributed by atoms with E-state index in [-0.39, 0.29) is 5.37 Å². The minimum absolute atomic E-state index is 0.194. The Kier molecular flexibility index (Phi) is 3.74. The van der Waals surface area contributed by atoms with E-state index in [1.807, 2.05) is 5.32 Å². The van der Waals surface area contributed by atoms with Crippen molar-refractivity contribution in [2.45, 2.75) is 31.2 Å². The van der Waals surface area contributed by atoms with Gasteiger partial charge in [0.2, 0.25) is 0 Å². The van der Waals surface area contributed by atoms with Gasteiger partial charge in [0.05, 0.1) is 5.75 Å². The highest BCUT2D eigenvalue weighted by Gasteiger charge is 2.30. The fraction of sp³-hybridized carbons (Fsp3) is 0.462. The maximum absolute atomic E-state index is 10.8. The van der Waals surface area contributed by atoms with E-state index < -0.39 is 12.0 Å². The number of quaternary nitrogens is 1. The van der Waals surface area contributed by atoms with E-state index in [2.05, 4.69) is 38.1 Å². The summed E-state index contributed by atoms with van der Waals surface area (Å²) >= 11 is 1.67. The van der Waals surface area contributed by atoms with Gasteiger partial charge in [-0.1, -0.05) is 49.9 Å². The van der Waals surface area contributed by atoms with E-state index in [0.29, 0.717) is 11.7 Å². The van der Waals surface area contributed by atoms with E-state index in [9.17, 15) is 9.90 Å². The van der Waals surface area contributed by atoms with E-state index in [1.54, 1.807) is 11.8 Å². The van der Waals surface area contributed by atoms with Crippen LogP contribution in [0.4, 0.5) is 0 Å². The molecule has 0 spiro atoms. The lowest BCUT2D eigenvalue weighted by molar-refractivity contribution is -0.690. The quantitative estimate of drug-likeness (QED) is 0.837. The van der Waals surface area contributed by atoms with Crippen LogP contribution in [0.2, 0.25) is 0 Å². The van der Waals surface area contributed by atoms with Gasteiger partial charge in [-0.15, -0.1) is 0 Å². The van der Waals surface area contributed by atoms with E-state index >= 15 is 0 Å². The number of hydrogen-bond acceptors (Lipinski definition) is 3. The highest BCUT2D eigenvalue weighted by atomic mass is 32.2. The van der Waals surface area contributed by atoms with Gasteiger partial charge >= 0.3 is 0 Å². The lowest BCUT2D eigenvalue weighted by Gasteiger charge is -2.12. The van der Waals surface area contributed by atoms with Crippen molar-refractivity contribution in [2.75, 3.05) is 5.75 Å². The van der Waals surface area contributed by atoms with Gasteiger partial charge in [-0.25, -0.2) is 0 Å². The van der Waals surface area contributed by atoms with Crippen LogP contribution in [0, 0.1) is 0 Å². The number of carboxylic acids is 1. The highest BCUT2D eigenvalue weighted by molar-refractivity contribution is 7.99. The van der Waals surface area contributed by atoms with E-state index in [4.69, 9.17) is 0 Å². The number of carbonyl (C=O) groups is 1. The summed E-state index contributed by atoms with van der Waals surface area (Å²) in [6.45, 7) is 4.33. The molecule has 0 amide bonds. The number of rotatable bonds is 3. The average molecular weight is 251 g/mol. The van der Waals surface area contributed by atoms with Gasteiger partial charge in [-0.2, -0.15) is 0 Å². The Morgan fingerprint density at radius 1 is 1.41 bits per heavy atom. The molecule has 1 fully saturated rings. The monoisotopic (exact) mass is 251 g/mol. The molecule has 2 rings (SSSR count). The minimum Gasteiger partial charge on any atom is -0.544 e. The largest absolute Gasteiger partial charge is 0.544 e. The molecule has 1 aromatic carbocycles. The Balaban J connectivity index is 2.06. The van der Waals surface area contributed by atoms with Gasteiger partial charge in [0.25, 0.3) is 0 Å². The molecule has 0 saturated carbocycles. The Labute approximate surface area is 106 Å². The van der Waals surface area contributed by atoms with Gasteiger partial charge in [-0.05, 0) is 11.5 Å². The minimum atomic E-state index is -0.959. The molecule has 4 heteroatoms. The third-order valence-corrected chi connectivity index (χ3v) is 4.44. The molecule has 0 radical (unpaired) electrons. The van der Waals surface area contributed by atoms with Crippen LogP contribution in [0.3, 0.4) is 0 Å². The molecule has 1 aliphatic rings. The van der Waals surface area contributed by atoms with Gasteiger partial charge < -0.3 is 15.2 Å². The maximum Gasteiger partial charge on any atom is 0.159 e. The van der Waals surface area contributed by atoms with E-state index in [1.165, 1.54) is 11.1 Å². The molecule has 0 unspecified atom stereocenters. The van der Waals surface area contributed by atoms with Crippen molar-refractivity contribution in [2.24, 2.45) is 0 Å². The summed E-state index contributed by atoms with van der Waals surface area (Å²) in [5, 5.41) is 12.8. The molecule has 2 atom stereocenters. The summed E-state index contributed by atoms with van der Waals surface area (Å²) in [6, 6.07) is 8.04. The van der Waals surface area contributed by atoms with Crippen LogP contribution >= 0.6 is 11.8 Å². The summed E-state index contributed by atoms with van der Waals surface area (Å²) in [4.78, 5) is 10.8. The molecule has 3 nitrogen and oxygen atoms in total. The fourth-order valence-corrected chi connectivity index (χ4v) is 3.27. The maximum atomic E-state index is 10.8. The Morgan fingerprint density at radius 3 is 2.53 bits per heavy atom. The van der Waals surface area contributed by atoms with Crippen LogP contribution in [0.25, 0.3) is 0 Å². The summed E-state index contributed by atoms with van der Waals surface area (Å²) in [5.41, 5.74) is 2.50. The Hall–Kier alpha value is -1.00. The number of hydrogen-bond donors (Lipinski definition) is 1. The molecule has 1 heterocycles. The zero-order chi connectivity index (χ0) is 12.4. The molecule has 1 aromatic rings. The van der Waals surface area contributed by atoms with Crippen molar-refractivity contribution in [3.05, 3.63) is 35.4 Å². The molecule has 0 aromatic heterocycles. The summed E-state index contributed by atoms with van der Waals surface area (Å²) in [7, 11) is 0. The number of carbonyl (C=O) groups excluding carboxylic acids is 1. The van der Waals surface area contributed by atoms with Gasteiger partial charge in [0.1, 0.15) is 12.0 Å². The van der Waals surface area contributed by atoms with Crippen LogP contribution < -0.4 is 10.4 Å². The number of aliphatic carboxylic acids is 1. The zero-order valence-electron chi connectivity index (χ0n) is 10.1. The Morgan fingerprint density at radius 2 is 2.06 bits per heavy atom. The molecule has 1 aliphatic heterocycles. The molecule has 2 N–H and O–H groups in total. The first kappa shape index (κ1) is 12.5. The molecule has 1 saturated heterocycles. The second-order valence-electron chi connectivity index (χ2n) is 4.69. The Bertz CT molecular complexity index is 402. The first-order chi connectivity index (χ1) is 8.08. The second-order valence-corrected chi connectivity index (χ2v) is 5.87. The van der Waals surface area contributed by atoms with Crippen LogP contribution in [0.5, 0.6) is 0 Å². The lowest BCUT2D eigenvalue weighted by atomic mass is 10.0. The number of nitrogens with two attached hydrogens (primary N) is 1. The number of carboxylic acid groups (broad SMARTS) is 1. The molecule has 0 aliphatic carbocycles. The fourth-order valence-electron chi connectivity index (χ4n) is 1.95. The topological polar surface area (TPSA) is 56.7 Å². The van der Waals surface area contributed by atoms with Crippen LogP contribution in [-0.2, 0) is 4.79 Å². The third kappa shape index (κ3) is 2.82. The molecule has 17 heavy (non-hydrogen) atoms. The van der Waals surface area contributed by atoms with Crippen LogP contribution in [0.1, 0.15) is 36.3 Å². The summed E-state index contributed by atoms with van der Waals surface area (Å²) < 4.78 is 0. The van der Waals surface area contributed by atoms with Crippen molar-refractivity contribution in [3.63, 3.8) is 0 Å². The van der Waals surface area contributed by atoms with Gasteiger partial charge in [0.15, 0.2) is 5.37 Å². The van der Waals surface area contributed by atoms with Gasteiger partial charge in [-0.3, -0.25) is 0 Å². The van der Waals surface area contributed by atoms with Gasteiger partial charge in [0, 0.05) is 5.56 Å². The normalized spacial score (nSPS) is 24.2. The number of benzene rings is 1. The standard InChI is InChI=1S/C13H17NO2S/c1-8(2)9-3-5-10(6-4-9)12-14-11(7-17-12)13(15)16/h3-6,8,11-12,14H,7H2,1-2H3,(H,15,16)/t11-,12+/m0/s1. The SMILES string of the molecule is CC(C)c1ccc([C@@H]2[NH2+][C@H](C(=O)[O-])CS2)cc1. The predicted octanol–water partition coefficient (Wildman–Crippen LogP) is 0.237. The van der Waals surface area contributed by atoms with E-state index in [0.717, 1.165) is 0 Å².